The molecular formula is C45H69Si. The highest BCUT2D eigenvalue weighted by Gasteiger charge is 2.37. The van der Waals surface area contributed by atoms with Gasteiger partial charge in [0, 0.05) is 0 Å². The molecule has 0 amide bonds. The third kappa shape index (κ3) is 7.94. The number of hydrogen-bond donors (Lipinski definition) is 0. The largest absolute Gasteiger partial charge is 0.156 e. The second-order valence-electron chi connectivity index (χ2n) is 17.0. The zero-order chi connectivity index (χ0) is 34.9. The summed E-state index contributed by atoms with van der Waals surface area (Å²) in [6, 6.07) is 15.7. The zero-order valence-corrected chi connectivity index (χ0v) is 34.2. The van der Waals surface area contributed by atoms with Crippen LogP contribution in [-0.2, 0) is 0 Å². The highest BCUT2D eigenvalue weighted by Crippen LogP contribution is 2.33. The molecule has 1 heteroatoms. The molecule has 3 rings (SSSR count). The highest BCUT2D eigenvalue weighted by molar-refractivity contribution is 6.97. The Bertz CT molecular complexity index is 1210. The van der Waals surface area contributed by atoms with Crippen molar-refractivity contribution < 1.29 is 0 Å². The van der Waals surface area contributed by atoms with Crippen LogP contribution in [0.15, 0.2) is 36.4 Å². The van der Waals surface area contributed by atoms with Crippen LogP contribution in [0.2, 0.25) is 0 Å². The van der Waals surface area contributed by atoms with Crippen molar-refractivity contribution in [1.82, 2.24) is 0 Å². The average molecular weight is 638 g/mol. The lowest BCUT2D eigenvalue weighted by molar-refractivity contribution is 0.806. The van der Waals surface area contributed by atoms with Gasteiger partial charge in [0.2, 0.25) is 0 Å². The first-order valence-corrected chi connectivity index (χ1v) is 20.2. The molecule has 0 nitrogen and oxygen atoms in total. The van der Waals surface area contributed by atoms with Gasteiger partial charge in [-0.25, -0.2) is 0 Å². The molecule has 0 aromatic heterocycles. The molecule has 0 spiro atoms. The van der Waals surface area contributed by atoms with Crippen molar-refractivity contribution in [2.45, 2.75) is 178 Å². The Kier molecular flexibility index (Phi) is 12.8. The van der Waals surface area contributed by atoms with Gasteiger partial charge in [-0.3, -0.25) is 0 Å². The molecule has 3 aromatic carbocycles. The van der Waals surface area contributed by atoms with Gasteiger partial charge >= 0.3 is 0 Å². The van der Waals surface area contributed by atoms with Gasteiger partial charge in [-0.1, -0.05) is 161 Å². The van der Waals surface area contributed by atoms with E-state index < -0.39 is 8.80 Å². The zero-order valence-electron chi connectivity index (χ0n) is 33.2. The van der Waals surface area contributed by atoms with E-state index in [1.165, 1.54) is 16.7 Å². The van der Waals surface area contributed by atoms with Crippen molar-refractivity contribution in [2.75, 3.05) is 0 Å². The topological polar surface area (TPSA) is 0 Å². The third-order valence-electron chi connectivity index (χ3n) is 10.1. The Morgan fingerprint density at radius 1 is 0.261 bits per heavy atom. The van der Waals surface area contributed by atoms with Crippen molar-refractivity contribution in [3.05, 3.63) is 86.5 Å². The van der Waals surface area contributed by atoms with Gasteiger partial charge in [-0.2, -0.15) is 0 Å². The lowest BCUT2D eigenvalue weighted by Crippen LogP contribution is -2.59. The average Bonchev–Trinajstić information content (AvgIpc) is 2.95. The predicted molar refractivity (Wildman–Crippen MR) is 211 cm³/mol. The fourth-order valence-electron chi connectivity index (χ4n) is 7.11. The first-order valence-electron chi connectivity index (χ1n) is 18.7. The minimum atomic E-state index is -1.45. The Labute approximate surface area is 287 Å². The smallest absolute Gasteiger partial charge is 0.0587 e. The molecule has 0 N–H and O–H groups in total. The van der Waals surface area contributed by atoms with Gasteiger partial charge < -0.3 is 0 Å². The summed E-state index contributed by atoms with van der Waals surface area (Å²) < 4.78 is 0. The maximum Gasteiger partial charge on any atom is 0.156 e. The molecule has 0 saturated heterocycles. The molecular weight excluding hydrogens is 569 g/mol. The monoisotopic (exact) mass is 638 g/mol. The quantitative estimate of drug-likeness (QED) is 0.137. The van der Waals surface area contributed by atoms with E-state index in [-0.39, 0.29) is 0 Å². The summed E-state index contributed by atoms with van der Waals surface area (Å²) in [5, 5.41) is 5.05. The van der Waals surface area contributed by atoms with Gasteiger partial charge in [0.25, 0.3) is 0 Å². The number of benzene rings is 3. The summed E-state index contributed by atoms with van der Waals surface area (Å²) in [7, 11) is -1.45. The van der Waals surface area contributed by atoms with Crippen LogP contribution in [0.5, 0.6) is 0 Å². The van der Waals surface area contributed by atoms with E-state index in [1.807, 2.05) is 0 Å². The van der Waals surface area contributed by atoms with Crippen molar-refractivity contribution in [3.63, 3.8) is 0 Å². The van der Waals surface area contributed by atoms with Crippen molar-refractivity contribution >= 4 is 24.4 Å². The van der Waals surface area contributed by atoms with Crippen LogP contribution in [0, 0.1) is 0 Å². The summed E-state index contributed by atoms with van der Waals surface area (Å²) in [6.07, 6.45) is 0. The molecule has 1 radical (unpaired) electrons. The van der Waals surface area contributed by atoms with Gasteiger partial charge in [0.1, 0.15) is 0 Å². The fraction of sp³-hybridized carbons (Fsp3) is 0.600. The van der Waals surface area contributed by atoms with E-state index in [9.17, 15) is 0 Å². The van der Waals surface area contributed by atoms with Crippen LogP contribution in [0.25, 0.3) is 0 Å². The molecule has 0 saturated carbocycles. The lowest BCUT2D eigenvalue weighted by atomic mass is 9.88. The first-order chi connectivity index (χ1) is 21.3. The third-order valence-corrected chi connectivity index (χ3v) is 13.4. The predicted octanol–water partition coefficient (Wildman–Crippen LogP) is 12.3. The lowest BCUT2D eigenvalue weighted by Gasteiger charge is -2.36. The number of hydrogen-bond acceptors (Lipinski definition) is 0. The van der Waals surface area contributed by atoms with Crippen molar-refractivity contribution in [3.8, 4) is 0 Å². The molecule has 0 aliphatic heterocycles. The minimum absolute atomic E-state index is 0.450. The molecule has 0 bridgehead atoms. The molecule has 0 fully saturated rings. The summed E-state index contributed by atoms with van der Waals surface area (Å²) in [5.74, 6) is 4.22. The summed E-state index contributed by atoms with van der Waals surface area (Å²) in [5.41, 5.74) is 14.0. The second-order valence-corrected chi connectivity index (χ2v) is 19.2. The molecule has 3 aromatic rings. The normalized spacial score (nSPS) is 12.8. The summed E-state index contributed by atoms with van der Waals surface area (Å²) in [4.78, 5) is 0. The van der Waals surface area contributed by atoms with Gasteiger partial charge in [-0.05, 0) is 119 Å². The Morgan fingerprint density at radius 2 is 0.413 bits per heavy atom. The van der Waals surface area contributed by atoms with E-state index >= 15 is 0 Å². The molecule has 0 heterocycles. The van der Waals surface area contributed by atoms with Gasteiger partial charge in [0.15, 0.2) is 8.80 Å². The van der Waals surface area contributed by atoms with Crippen LogP contribution < -0.4 is 15.6 Å². The van der Waals surface area contributed by atoms with Crippen LogP contribution in [0.1, 0.15) is 228 Å². The molecule has 253 valence electrons. The standard InChI is InChI=1S/C45H69Si/c1-25(2)34-19-37(28(7)8)43(38(20-34)29(9)10)46(44-39(30(11)12)21-35(26(3)4)22-40(44)31(13)14)45-41(32(15)16)23-36(27(5)6)24-42(45)33(17)18/h19-33H,1-18H3. The van der Waals surface area contributed by atoms with Crippen LogP contribution in [0.4, 0.5) is 0 Å². The minimum Gasteiger partial charge on any atom is -0.0587 e. The highest BCUT2D eigenvalue weighted by atomic mass is 28.3. The van der Waals surface area contributed by atoms with Crippen LogP contribution in [0.3, 0.4) is 0 Å². The van der Waals surface area contributed by atoms with E-state index in [0.717, 1.165) is 0 Å². The number of rotatable bonds is 12. The maximum absolute atomic E-state index is 2.61. The molecule has 0 aliphatic rings. The van der Waals surface area contributed by atoms with E-state index in [0.29, 0.717) is 53.3 Å². The van der Waals surface area contributed by atoms with Gasteiger partial charge in [-0.15, -0.1) is 0 Å². The van der Waals surface area contributed by atoms with E-state index in [2.05, 4.69) is 161 Å². The molecule has 46 heavy (non-hydrogen) atoms. The summed E-state index contributed by atoms with van der Waals surface area (Å²) >= 11 is 0. The Hall–Kier alpha value is -2.12. The molecule has 0 unspecified atom stereocenters. The van der Waals surface area contributed by atoms with E-state index in [4.69, 9.17) is 0 Å². The molecule has 0 aliphatic carbocycles. The second kappa shape index (κ2) is 15.4. The fourth-order valence-corrected chi connectivity index (χ4v) is 11.8. The van der Waals surface area contributed by atoms with E-state index in [1.54, 1.807) is 48.9 Å². The molecule has 0 atom stereocenters. The summed E-state index contributed by atoms with van der Waals surface area (Å²) in [6.45, 7) is 43.5. The first kappa shape index (κ1) is 38.3. The Morgan fingerprint density at radius 3 is 0.522 bits per heavy atom. The maximum atomic E-state index is 2.61. The van der Waals surface area contributed by atoms with Crippen LogP contribution >= 0.6 is 0 Å². The SMILES string of the molecule is CC(C)c1cc(C(C)C)c([Si](c2c(C(C)C)cc(C(C)C)cc2C(C)C)c2c(C(C)C)cc(C(C)C)cc2C(C)C)c(C(C)C)c1. The Balaban J connectivity index is 2.84. The van der Waals surface area contributed by atoms with Gasteiger partial charge in [0.05, 0.1) is 0 Å². The van der Waals surface area contributed by atoms with Crippen LogP contribution in [-0.4, -0.2) is 8.80 Å². The van der Waals surface area contributed by atoms with Crippen molar-refractivity contribution in [2.24, 2.45) is 0 Å². The van der Waals surface area contributed by atoms with Crippen molar-refractivity contribution in [1.29, 1.82) is 0 Å².